The molecule has 1 aliphatic rings. The number of anilines is 1. The van der Waals surface area contributed by atoms with E-state index in [-0.39, 0.29) is 16.7 Å². The van der Waals surface area contributed by atoms with E-state index in [1.165, 1.54) is 6.07 Å². The molecule has 0 radical (unpaired) electrons. The maximum Gasteiger partial charge on any atom is 0.294 e. The van der Waals surface area contributed by atoms with Crippen molar-refractivity contribution in [2.75, 3.05) is 18.0 Å². The van der Waals surface area contributed by atoms with Crippen LogP contribution in [0.25, 0.3) is 0 Å². The van der Waals surface area contributed by atoms with Crippen LogP contribution in [0, 0.1) is 16.0 Å². The Morgan fingerprint density at radius 2 is 2.33 bits per heavy atom. The third-order valence-electron chi connectivity index (χ3n) is 3.45. The minimum absolute atomic E-state index is 0.0628. The summed E-state index contributed by atoms with van der Waals surface area (Å²) >= 11 is 6.10. The van der Waals surface area contributed by atoms with E-state index in [9.17, 15) is 10.1 Å². The molecule has 2 unspecified atom stereocenters. The molecular weight excluding hydrogens is 254 g/mol. The largest absolute Gasteiger partial charge is 0.364 e. The lowest BCUT2D eigenvalue weighted by molar-refractivity contribution is -0.384. The molecular formula is C12H16ClN3O2. The van der Waals surface area contributed by atoms with Crippen molar-refractivity contribution in [3.63, 3.8) is 0 Å². The molecule has 98 valence electrons. The maximum absolute atomic E-state index is 11.0. The molecule has 0 spiro atoms. The van der Waals surface area contributed by atoms with Gasteiger partial charge in [-0.3, -0.25) is 10.1 Å². The first-order chi connectivity index (χ1) is 8.50. The average Bonchev–Trinajstić information content (AvgIpc) is 2.77. The van der Waals surface area contributed by atoms with Crippen LogP contribution in [-0.4, -0.2) is 24.1 Å². The summed E-state index contributed by atoms with van der Waals surface area (Å²) in [5.41, 5.74) is 6.46. The van der Waals surface area contributed by atoms with E-state index in [0.717, 1.165) is 19.5 Å². The standard InChI is InChI=1S/C12H16ClN3O2/c1-8(14)9-5-6-15(7-9)12-10(13)3-2-4-11(12)16(17)18/h2-4,8-9H,5-7,14H2,1H3. The van der Waals surface area contributed by atoms with Crippen LogP contribution >= 0.6 is 11.6 Å². The SMILES string of the molecule is CC(N)C1CCN(c2c(Cl)cccc2[N+](=O)[O-])C1. The number of rotatable bonds is 3. The van der Waals surface area contributed by atoms with Crippen molar-refractivity contribution in [1.29, 1.82) is 0 Å². The Morgan fingerprint density at radius 3 is 2.89 bits per heavy atom. The van der Waals surface area contributed by atoms with E-state index < -0.39 is 0 Å². The number of hydrogen-bond acceptors (Lipinski definition) is 4. The number of halogens is 1. The summed E-state index contributed by atoms with van der Waals surface area (Å²) < 4.78 is 0. The Bertz CT molecular complexity index is 465. The Balaban J connectivity index is 2.32. The number of hydrogen-bond donors (Lipinski definition) is 1. The molecule has 2 atom stereocenters. The highest BCUT2D eigenvalue weighted by atomic mass is 35.5. The Morgan fingerprint density at radius 1 is 1.61 bits per heavy atom. The van der Waals surface area contributed by atoms with Crippen LogP contribution in [0.5, 0.6) is 0 Å². The number of nitro groups is 1. The van der Waals surface area contributed by atoms with Crippen molar-refractivity contribution in [1.82, 2.24) is 0 Å². The van der Waals surface area contributed by atoms with Crippen molar-refractivity contribution >= 4 is 23.0 Å². The minimum Gasteiger partial charge on any atom is -0.364 e. The molecule has 0 aliphatic carbocycles. The third-order valence-corrected chi connectivity index (χ3v) is 3.75. The van der Waals surface area contributed by atoms with Crippen LogP contribution < -0.4 is 10.6 Å². The fourth-order valence-corrected chi connectivity index (χ4v) is 2.67. The van der Waals surface area contributed by atoms with Crippen molar-refractivity contribution in [3.8, 4) is 0 Å². The van der Waals surface area contributed by atoms with Crippen LogP contribution in [0.4, 0.5) is 11.4 Å². The zero-order chi connectivity index (χ0) is 13.3. The van der Waals surface area contributed by atoms with Gasteiger partial charge in [0, 0.05) is 25.2 Å². The summed E-state index contributed by atoms with van der Waals surface area (Å²) in [6, 6.07) is 4.86. The molecule has 1 aliphatic heterocycles. The zero-order valence-electron chi connectivity index (χ0n) is 10.2. The highest BCUT2D eigenvalue weighted by molar-refractivity contribution is 6.33. The molecule has 5 nitrogen and oxygen atoms in total. The van der Waals surface area contributed by atoms with Gasteiger partial charge in [0.05, 0.1) is 9.95 Å². The molecule has 18 heavy (non-hydrogen) atoms. The van der Waals surface area contributed by atoms with Crippen LogP contribution in [0.2, 0.25) is 5.02 Å². The smallest absolute Gasteiger partial charge is 0.294 e. The summed E-state index contributed by atoms with van der Waals surface area (Å²) in [6.07, 6.45) is 0.944. The lowest BCUT2D eigenvalue weighted by Crippen LogP contribution is -2.30. The minimum atomic E-state index is -0.388. The van der Waals surface area contributed by atoms with Gasteiger partial charge in [0.15, 0.2) is 0 Å². The molecule has 2 N–H and O–H groups in total. The van der Waals surface area contributed by atoms with Crippen LogP contribution in [0.1, 0.15) is 13.3 Å². The summed E-state index contributed by atoms with van der Waals surface area (Å²) in [5.74, 6) is 0.362. The molecule has 0 saturated carbocycles. The molecule has 0 amide bonds. The Hall–Kier alpha value is -1.33. The highest BCUT2D eigenvalue weighted by Crippen LogP contribution is 2.38. The molecule has 0 bridgehead atoms. The van der Waals surface area contributed by atoms with Gasteiger partial charge in [-0.2, -0.15) is 0 Å². The van der Waals surface area contributed by atoms with Gasteiger partial charge in [0.2, 0.25) is 0 Å². The second-order valence-electron chi connectivity index (χ2n) is 4.72. The quantitative estimate of drug-likeness (QED) is 0.676. The zero-order valence-corrected chi connectivity index (χ0v) is 10.9. The molecule has 1 saturated heterocycles. The van der Waals surface area contributed by atoms with Crippen molar-refractivity contribution in [2.45, 2.75) is 19.4 Å². The van der Waals surface area contributed by atoms with Gasteiger partial charge in [0.25, 0.3) is 5.69 Å². The van der Waals surface area contributed by atoms with Gasteiger partial charge in [-0.15, -0.1) is 0 Å². The van der Waals surface area contributed by atoms with Crippen LogP contribution in [-0.2, 0) is 0 Å². The topological polar surface area (TPSA) is 72.4 Å². The van der Waals surface area contributed by atoms with Crippen LogP contribution in [0.3, 0.4) is 0 Å². The molecule has 0 aromatic heterocycles. The second-order valence-corrected chi connectivity index (χ2v) is 5.13. The highest BCUT2D eigenvalue weighted by Gasteiger charge is 2.30. The van der Waals surface area contributed by atoms with Gasteiger partial charge < -0.3 is 10.6 Å². The normalized spacial score (nSPS) is 21.1. The third kappa shape index (κ3) is 2.42. The number of para-hydroxylation sites is 1. The van der Waals surface area contributed by atoms with E-state index in [4.69, 9.17) is 17.3 Å². The van der Waals surface area contributed by atoms with Crippen molar-refractivity contribution in [2.24, 2.45) is 11.7 Å². The second kappa shape index (κ2) is 5.12. The Kier molecular flexibility index (Phi) is 3.73. The summed E-state index contributed by atoms with van der Waals surface area (Å²) in [4.78, 5) is 12.6. The van der Waals surface area contributed by atoms with Gasteiger partial charge >= 0.3 is 0 Å². The van der Waals surface area contributed by atoms with E-state index >= 15 is 0 Å². The first kappa shape index (κ1) is 13.1. The lowest BCUT2D eigenvalue weighted by atomic mass is 10.0. The van der Waals surface area contributed by atoms with E-state index in [0.29, 0.717) is 16.6 Å². The first-order valence-corrected chi connectivity index (χ1v) is 6.32. The average molecular weight is 270 g/mol. The molecule has 6 heteroatoms. The first-order valence-electron chi connectivity index (χ1n) is 5.94. The van der Waals surface area contributed by atoms with Gasteiger partial charge in [0.1, 0.15) is 5.69 Å². The fraction of sp³-hybridized carbons (Fsp3) is 0.500. The van der Waals surface area contributed by atoms with E-state index in [1.54, 1.807) is 12.1 Å². The molecule has 2 rings (SSSR count). The maximum atomic E-state index is 11.0. The molecule has 1 aromatic carbocycles. The predicted molar refractivity (Wildman–Crippen MR) is 72.1 cm³/mol. The summed E-state index contributed by atoms with van der Waals surface area (Å²) in [5, 5.41) is 11.5. The van der Waals surface area contributed by atoms with E-state index in [1.807, 2.05) is 11.8 Å². The monoisotopic (exact) mass is 269 g/mol. The fourth-order valence-electron chi connectivity index (χ4n) is 2.38. The van der Waals surface area contributed by atoms with Gasteiger partial charge in [-0.1, -0.05) is 17.7 Å². The number of benzene rings is 1. The van der Waals surface area contributed by atoms with E-state index in [2.05, 4.69) is 0 Å². The Labute approximate surface area is 111 Å². The predicted octanol–water partition coefficient (Wildman–Crippen LogP) is 2.42. The number of nitro benzene ring substituents is 1. The number of nitrogens with two attached hydrogens (primary N) is 1. The molecule has 1 aromatic rings. The molecule has 1 heterocycles. The van der Waals surface area contributed by atoms with Gasteiger partial charge in [-0.05, 0) is 25.3 Å². The van der Waals surface area contributed by atoms with Crippen molar-refractivity contribution < 1.29 is 4.92 Å². The summed E-state index contributed by atoms with van der Waals surface area (Å²) in [6.45, 7) is 3.45. The molecule has 1 fully saturated rings. The van der Waals surface area contributed by atoms with Crippen molar-refractivity contribution in [3.05, 3.63) is 33.3 Å². The van der Waals surface area contributed by atoms with Gasteiger partial charge in [-0.25, -0.2) is 0 Å². The summed E-state index contributed by atoms with van der Waals surface area (Å²) in [7, 11) is 0. The van der Waals surface area contributed by atoms with Crippen LogP contribution in [0.15, 0.2) is 18.2 Å². The lowest BCUT2D eigenvalue weighted by Gasteiger charge is -2.20. The number of nitrogens with zero attached hydrogens (tertiary/aromatic N) is 2.